The summed E-state index contributed by atoms with van der Waals surface area (Å²) in [6, 6.07) is 6.16. The largest absolute Gasteiger partial charge is 0.496 e. The molecule has 1 aromatic carbocycles. The average Bonchev–Trinajstić information content (AvgIpc) is 3.08. The summed E-state index contributed by atoms with van der Waals surface area (Å²) in [4.78, 5) is 15.1. The standard InChI is InChI=1S/C21H28N2O3/c1-14-11-19(25-4)15(2)10-17(14)13-23(18-8-6-5-7-9-18)21(24)20-12-16(3)22-26-20/h10-12,18H,5-9,13H2,1-4H3. The zero-order valence-electron chi connectivity index (χ0n) is 16.2. The Bertz CT molecular complexity index is 776. The molecule has 0 atom stereocenters. The molecule has 140 valence electrons. The summed E-state index contributed by atoms with van der Waals surface area (Å²) in [6.45, 7) is 6.52. The van der Waals surface area contributed by atoms with Crippen LogP contribution in [0.2, 0.25) is 0 Å². The number of ether oxygens (including phenoxy) is 1. The molecule has 0 saturated heterocycles. The van der Waals surface area contributed by atoms with Gasteiger partial charge in [0.25, 0.3) is 5.91 Å². The lowest BCUT2D eigenvalue weighted by Gasteiger charge is -2.34. The molecule has 0 aliphatic heterocycles. The van der Waals surface area contributed by atoms with E-state index in [2.05, 4.69) is 18.1 Å². The minimum atomic E-state index is -0.0645. The molecule has 5 nitrogen and oxygen atoms in total. The number of aryl methyl sites for hydroxylation is 3. The Hall–Kier alpha value is -2.30. The van der Waals surface area contributed by atoms with Crippen LogP contribution in [0.5, 0.6) is 5.75 Å². The van der Waals surface area contributed by atoms with Gasteiger partial charge in [-0.15, -0.1) is 0 Å². The third-order valence-electron chi connectivity index (χ3n) is 5.31. The lowest BCUT2D eigenvalue weighted by Crippen LogP contribution is -2.41. The summed E-state index contributed by atoms with van der Waals surface area (Å²) in [7, 11) is 1.69. The second kappa shape index (κ2) is 7.94. The van der Waals surface area contributed by atoms with Gasteiger partial charge in [-0.2, -0.15) is 0 Å². The van der Waals surface area contributed by atoms with Crippen molar-refractivity contribution in [2.75, 3.05) is 7.11 Å². The minimum Gasteiger partial charge on any atom is -0.496 e. The summed E-state index contributed by atoms with van der Waals surface area (Å²) in [5, 5.41) is 3.89. The normalized spacial score (nSPS) is 15.1. The lowest BCUT2D eigenvalue weighted by atomic mass is 9.93. The van der Waals surface area contributed by atoms with Gasteiger partial charge in [0.1, 0.15) is 5.75 Å². The number of carbonyl (C=O) groups is 1. The second-order valence-corrected chi connectivity index (χ2v) is 7.31. The third-order valence-corrected chi connectivity index (χ3v) is 5.31. The van der Waals surface area contributed by atoms with Crippen LogP contribution in [-0.4, -0.2) is 29.1 Å². The molecule has 1 aliphatic rings. The number of benzene rings is 1. The van der Waals surface area contributed by atoms with E-state index >= 15 is 0 Å². The molecule has 1 fully saturated rings. The topological polar surface area (TPSA) is 55.6 Å². The van der Waals surface area contributed by atoms with E-state index in [0.29, 0.717) is 12.3 Å². The Morgan fingerprint density at radius 3 is 2.50 bits per heavy atom. The first-order valence-corrected chi connectivity index (χ1v) is 9.38. The molecule has 3 rings (SSSR count). The van der Waals surface area contributed by atoms with Crippen LogP contribution >= 0.6 is 0 Å². The van der Waals surface area contributed by atoms with E-state index in [1.165, 1.54) is 19.3 Å². The minimum absolute atomic E-state index is 0.0645. The van der Waals surface area contributed by atoms with Crippen molar-refractivity contribution in [3.63, 3.8) is 0 Å². The van der Waals surface area contributed by atoms with Gasteiger partial charge in [-0.1, -0.05) is 30.5 Å². The number of nitrogens with zero attached hydrogens (tertiary/aromatic N) is 2. The molecule has 1 amide bonds. The summed E-state index contributed by atoms with van der Waals surface area (Å²) in [6.07, 6.45) is 5.69. The molecule has 1 saturated carbocycles. The van der Waals surface area contributed by atoms with E-state index in [1.54, 1.807) is 13.2 Å². The summed E-state index contributed by atoms with van der Waals surface area (Å²) in [5.74, 6) is 1.15. The van der Waals surface area contributed by atoms with Gasteiger partial charge in [0.2, 0.25) is 5.76 Å². The molecular weight excluding hydrogens is 328 g/mol. The number of hydrogen-bond donors (Lipinski definition) is 0. The second-order valence-electron chi connectivity index (χ2n) is 7.31. The van der Waals surface area contributed by atoms with Gasteiger partial charge in [-0.3, -0.25) is 4.79 Å². The Kier molecular flexibility index (Phi) is 5.64. The first kappa shape index (κ1) is 18.5. The highest BCUT2D eigenvalue weighted by atomic mass is 16.5. The maximum atomic E-state index is 13.1. The Morgan fingerprint density at radius 1 is 1.15 bits per heavy atom. The first-order valence-electron chi connectivity index (χ1n) is 9.38. The quantitative estimate of drug-likeness (QED) is 0.786. The molecule has 0 bridgehead atoms. The van der Waals surface area contributed by atoms with Crippen molar-refractivity contribution < 1.29 is 14.1 Å². The molecular formula is C21H28N2O3. The van der Waals surface area contributed by atoms with E-state index in [9.17, 15) is 4.79 Å². The fourth-order valence-electron chi connectivity index (χ4n) is 3.79. The molecule has 1 aliphatic carbocycles. The number of carbonyl (C=O) groups excluding carboxylic acids is 1. The van der Waals surface area contributed by atoms with Crippen LogP contribution in [0.1, 0.15) is 65.0 Å². The van der Waals surface area contributed by atoms with Crippen molar-refractivity contribution in [2.24, 2.45) is 0 Å². The van der Waals surface area contributed by atoms with Crippen molar-refractivity contribution in [1.82, 2.24) is 10.1 Å². The van der Waals surface area contributed by atoms with E-state index in [0.717, 1.165) is 41.0 Å². The van der Waals surface area contributed by atoms with E-state index < -0.39 is 0 Å². The van der Waals surface area contributed by atoms with E-state index in [1.807, 2.05) is 24.8 Å². The van der Waals surface area contributed by atoms with Crippen LogP contribution in [-0.2, 0) is 6.54 Å². The molecule has 2 aromatic rings. The van der Waals surface area contributed by atoms with Crippen molar-refractivity contribution >= 4 is 5.91 Å². The van der Waals surface area contributed by atoms with Crippen molar-refractivity contribution in [3.8, 4) is 5.75 Å². The predicted octanol–water partition coefficient (Wildman–Crippen LogP) is 4.58. The average molecular weight is 356 g/mol. The summed E-state index contributed by atoms with van der Waals surface area (Å²) in [5.41, 5.74) is 4.10. The molecule has 1 aromatic heterocycles. The van der Waals surface area contributed by atoms with Gasteiger partial charge in [-0.25, -0.2) is 0 Å². The monoisotopic (exact) mass is 356 g/mol. The fourth-order valence-corrected chi connectivity index (χ4v) is 3.79. The SMILES string of the molecule is COc1cc(C)c(CN(C(=O)c2cc(C)no2)C2CCCCC2)cc1C. The predicted molar refractivity (Wildman–Crippen MR) is 100 cm³/mol. The third kappa shape index (κ3) is 3.92. The van der Waals surface area contributed by atoms with Crippen LogP contribution in [0, 0.1) is 20.8 Å². The number of aromatic nitrogens is 1. The Balaban J connectivity index is 1.90. The maximum Gasteiger partial charge on any atom is 0.293 e. The number of rotatable bonds is 5. The van der Waals surface area contributed by atoms with Crippen LogP contribution in [0.4, 0.5) is 0 Å². The van der Waals surface area contributed by atoms with Crippen molar-refractivity contribution in [3.05, 3.63) is 46.3 Å². The Morgan fingerprint density at radius 2 is 1.88 bits per heavy atom. The highest BCUT2D eigenvalue weighted by molar-refractivity contribution is 5.91. The first-order chi connectivity index (χ1) is 12.5. The molecule has 0 unspecified atom stereocenters. The molecule has 0 spiro atoms. The van der Waals surface area contributed by atoms with E-state index in [4.69, 9.17) is 9.26 Å². The summed E-state index contributed by atoms with van der Waals surface area (Å²) >= 11 is 0. The van der Waals surface area contributed by atoms with Crippen molar-refractivity contribution in [1.29, 1.82) is 0 Å². The lowest BCUT2D eigenvalue weighted by molar-refractivity contribution is 0.0571. The highest BCUT2D eigenvalue weighted by Gasteiger charge is 2.29. The van der Waals surface area contributed by atoms with Crippen LogP contribution < -0.4 is 4.74 Å². The van der Waals surface area contributed by atoms with Gasteiger partial charge >= 0.3 is 0 Å². The fraction of sp³-hybridized carbons (Fsp3) is 0.524. The van der Waals surface area contributed by atoms with Gasteiger partial charge in [0, 0.05) is 18.7 Å². The van der Waals surface area contributed by atoms with Gasteiger partial charge in [-0.05, 0) is 56.4 Å². The maximum absolute atomic E-state index is 13.1. The highest BCUT2D eigenvalue weighted by Crippen LogP contribution is 2.29. The molecule has 1 heterocycles. The number of amides is 1. The van der Waals surface area contributed by atoms with Crippen molar-refractivity contribution in [2.45, 2.75) is 65.5 Å². The van der Waals surface area contributed by atoms with Crippen LogP contribution in [0.15, 0.2) is 22.7 Å². The van der Waals surface area contributed by atoms with Gasteiger partial charge < -0.3 is 14.2 Å². The van der Waals surface area contributed by atoms with E-state index in [-0.39, 0.29) is 11.9 Å². The molecule has 0 N–H and O–H groups in total. The van der Waals surface area contributed by atoms with Crippen LogP contribution in [0.25, 0.3) is 0 Å². The molecule has 0 radical (unpaired) electrons. The molecule has 5 heteroatoms. The number of methoxy groups -OCH3 is 1. The van der Waals surface area contributed by atoms with Gasteiger partial charge in [0.15, 0.2) is 0 Å². The van der Waals surface area contributed by atoms with Crippen LogP contribution in [0.3, 0.4) is 0 Å². The molecule has 26 heavy (non-hydrogen) atoms. The number of hydrogen-bond acceptors (Lipinski definition) is 4. The van der Waals surface area contributed by atoms with Gasteiger partial charge in [0.05, 0.1) is 12.8 Å². The Labute approximate surface area is 155 Å². The zero-order valence-corrected chi connectivity index (χ0v) is 16.2. The zero-order chi connectivity index (χ0) is 18.7. The summed E-state index contributed by atoms with van der Waals surface area (Å²) < 4.78 is 10.7. The smallest absolute Gasteiger partial charge is 0.293 e.